The maximum Gasteiger partial charge on any atom is 0.409 e. The molecule has 0 unspecified atom stereocenters. The largest absolute Gasteiger partial charge is 0.457 e. The third kappa shape index (κ3) is 2.58. The molecule has 17 heavy (non-hydrogen) atoms. The number of carbonyl (C=O) groups is 1. The van der Waals surface area contributed by atoms with Gasteiger partial charge < -0.3 is 14.2 Å². The number of ether oxygens (including phenoxy) is 3. The second-order valence-electron chi connectivity index (χ2n) is 3.16. The topological polar surface area (TPSA) is 44.8 Å². The molecular weight excluding hydrogens is 248 g/mol. The van der Waals surface area contributed by atoms with Crippen LogP contribution in [-0.2, 0) is 19.0 Å². The molecule has 0 aromatic rings. The summed E-state index contributed by atoms with van der Waals surface area (Å²) in [7, 11) is 0. The molecule has 1 heterocycles. The number of alkyl halides is 4. The molecule has 0 aliphatic carbocycles. The van der Waals surface area contributed by atoms with Crippen LogP contribution in [0.5, 0.6) is 0 Å². The number of rotatable bonds is 5. The summed E-state index contributed by atoms with van der Waals surface area (Å²) in [6, 6.07) is 0. The highest BCUT2D eigenvalue weighted by atomic mass is 19.3. The molecule has 1 aliphatic heterocycles. The van der Waals surface area contributed by atoms with Crippen molar-refractivity contribution in [3.8, 4) is 0 Å². The van der Waals surface area contributed by atoms with Crippen molar-refractivity contribution in [3.05, 3.63) is 12.7 Å². The summed E-state index contributed by atoms with van der Waals surface area (Å²) >= 11 is 0. The highest BCUT2D eigenvalue weighted by molar-refractivity contribution is 5.79. The van der Waals surface area contributed by atoms with Crippen LogP contribution in [0.4, 0.5) is 17.6 Å². The molecule has 0 aromatic carbocycles. The fourth-order valence-corrected chi connectivity index (χ4v) is 1.08. The molecule has 0 amide bonds. The van der Waals surface area contributed by atoms with E-state index in [-0.39, 0.29) is 13.2 Å². The maximum atomic E-state index is 13.3. The number of halogens is 4. The molecule has 1 saturated heterocycles. The summed E-state index contributed by atoms with van der Waals surface area (Å²) in [5.74, 6) is -12.2. The van der Waals surface area contributed by atoms with Crippen LogP contribution in [-0.4, -0.2) is 43.9 Å². The Labute approximate surface area is 94.1 Å². The van der Waals surface area contributed by atoms with E-state index in [4.69, 9.17) is 0 Å². The molecule has 0 atom stereocenters. The Hall–Kier alpha value is -1.15. The molecule has 0 aromatic heterocycles. The van der Waals surface area contributed by atoms with Crippen molar-refractivity contribution in [2.45, 2.75) is 18.1 Å². The third-order valence-electron chi connectivity index (χ3n) is 1.93. The zero-order chi connectivity index (χ0) is 13.1. The van der Waals surface area contributed by atoms with E-state index in [2.05, 4.69) is 20.8 Å². The average molecular weight is 258 g/mol. The van der Waals surface area contributed by atoms with Gasteiger partial charge in [0.25, 0.3) is 0 Å². The zero-order valence-corrected chi connectivity index (χ0v) is 8.63. The molecule has 0 N–H and O–H groups in total. The van der Waals surface area contributed by atoms with Gasteiger partial charge in [-0.2, -0.15) is 17.6 Å². The first-order valence-corrected chi connectivity index (χ1v) is 4.61. The van der Waals surface area contributed by atoms with Gasteiger partial charge in [0.1, 0.15) is 6.61 Å². The van der Waals surface area contributed by atoms with E-state index in [0.717, 1.165) is 6.08 Å². The molecule has 8 heteroatoms. The summed E-state index contributed by atoms with van der Waals surface area (Å²) < 4.78 is 65.3. The summed E-state index contributed by atoms with van der Waals surface area (Å²) in [6.45, 7) is 2.03. The molecule has 98 valence electrons. The summed E-state index contributed by atoms with van der Waals surface area (Å²) in [4.78, 5) is 10.8. The van der Waals surface area contributed by atoms with Gasteiger partial charge in [0.05, 0.1) is 13.2 Å². The molecule has 0 saturated carbocycles. The van der Waals surface area contributed by atoms with Gasteiger partial charge >= 0.3 is 17.8 Å². The zero-order valence-electron chi connectivity index (χ0n) is 8.63. The van der Waals surface area contributed by atoms with Crippen molar-refractivity contribution >= 4 is 5.97 Å². The van der Waals surface area contributed by atoms with Gasteiger partial charge in [0.2, 0.25) is 6.29 Å². The molecule has 0 spiro atoms. The normalized spacial score (nSPS) is 18.1. The Morgan fingerprint density at radius 3 is 2.35 bits per heavy atom. The van der Waals surface area contributed by atoms with E-state index in [0.29, 0.717) is 0 Å². The number of carbonyl (C=O) groups excluding carboxylic acids is 1. The molecule has 1 aliphatic rings. The molecule has 4 nitrogen and oxygen atoms in total. The van der Waals surface area contributed by atoms with Gasteiger partial charge in [-0.1, -0.05) is 12.7 Å². The van der Waals surface area contributed by atoms with E-state index in [1.165, 1.54) is 0 Å². The number of esters is 1. The lowest BCUT2D eigenvalue weighted by molar-refractivity contribution is -0.296. The quantitative estimate of drug-likeness (QED) is 0.424. The van der Waals surface area contributed by atoms with Crippen molar-refractivity contribution in [2.75, 3.05) is 19.8 Å². The standard InChI is InChI=1S/C9H10F4O4/c1-2-3-15-6(14)8(10,11)9(12,13)7-16-4-5-17-7/h2,7H,1,3-5H2. The first kappa shape index (κ1) is 13.9. The molecule has 1 fully saturated rings. The van der Waals surface area contributed by atoms with Crippen LogP contribution in [0.25, 0.3) is 0 Å². The van der Waals surface area contributed by atoms with Crippen LogP contribution in [0.1, 0.15) is 0 Å². The minimum atomic E-state index is -5.02. The fourth-order valence-electron chi connectivity index (χ4n) is 1.08. The third-order valence-corrected chi connectivity index (χ3v) is 1.93. The second-order valence-corrected chi connectivity index (χ2v) is 3.16. The lowest BCUT2D eigenvalue weighted by atomic mass is 10.1. The molecule has 0 radical (unpaired) electrons. The van der Waals surface area contributed by atoms with Crippen molar-refractivity contribution in [1.29, 1.82) is 0 Å². The summed E-state index contributed by atoms with van der Waals surface area (Å²) in [5.41, 5.74) is 0. The second kappa shape index (κ2) is 5.01. The predicted molar refractivity (Wildman–Crippen MR) is 46.7 cm³/mol. The first-order valence-electron chi connectivity index (χ1n) is 4.61. The van der Waals surface area contributed by atoms with E-state index < -0.39 is 30.7 Å². The van der Waals surface area contributed by atoms with E-state index in [1.54, 1.807) is 0 Å². The van der Waals surface area contributed by atoms with Crippen molar-refractivity contribution in [1.82, 2.24) is 0 Å². The van der Waals surface area contributed by atoms with Crippen molar-refractivity contribution < 1.29 is 36.6 Å². The minimum Gasteiger partial charge on any atom is -0.457 e. The van der Waals surface area contributed by atoms with E-state index in [9.17, 15) is 22.4 Å². The van der Waals surface area contributed by atoms with Crippen LogP contribution >= 0.6 is 0 Å². The molecular formula is C9H10F4O4. The smallest absolute Gasteiger partial charge is 0.409 e. The maximum absolute atomic E-state index is 13.3. The summed E-state index contributed by atoms with van der Waals surface area (Å²) in [5, 5.41) is 0. The van der Waals surface area contributed by atoms with Crippen LogP contribution in [0.2, 0.25) is 0 Å². The lowest BCUT2D eigenvalue weighted by Crippen LogP contribution is -2.55. The Balaban J connectivity index is 2.78. The van der Waals surface area contributed by atoms with Gasteiger partial charge in [0.15, 0.2) is 0 Å². The van der Waals surface area contributed by atoms with Crippen LogP contribution in [0.15, 0.2) is 12.7 Å². The Morgan fingerprint density at radius 2 is 1.88 bits per heavy atom. The summed E-state index contributed by atoms with van der Waals surface area (Å²) in [6.07, 6.45) is -1.47. The van der Waals surface area contributed by atoms with E-state index >= 15 is 0 Å². The predicted octanol–water partition coefficient (Wildman–Crippen LogP) is 1.36. The van der Waals surface area contributed by atoms with Crippen LogP contribution < -0.4 is 0 Å². The van der Waals surface area contributed by atoms with Gasteiger partial charge in [-0.25, -0.2) is 4.79 Å². The van der Waals surface area contributed by atoms with Crippen LogP contribution in [0, 0.1) is 0 Å². The van der Waals surface area contributed by atoms with Gasteiger partial charge in [-0.15, -0.1) is 0 Å². The van der Waals surface area contributed by atoms with Crippen molar-refractivity contribution in [3.63, 3.8) is 0 Å². The Bertz CT molecular complexity index is 299. The number of hydrogen-bond acceptors (Lipinski definition) is 4. The van der Waals surface area contributed by atoms with Crippen molar-refractivity contribution in [2.24, 2.45) is 0 Å². The Kier molecular flexibility index (Phi) is 4.10. The van der Waals surface area contributed by atoms with Gasteiger partial charge in [-0.3, -0.25) is 0 Å². The van der Waals surface area contributed by atoms with Gasteiger partial charge in [-0.05, 0) is 0 Å². The minimum absolute atomic E-state index is 0.238. The SMILES string of the molecule is C=CCOC(=O)C(F)(F)C(F)(F)C1OCCO1. The highest BCUT2D eigenvalue weighted by Crippen LogP contribution is 2.40. The fraction of sp³-hybridized carbons (Fsp3) is 0.667. The van der Waals surface area contributed by atoms with Crippen LogP contribution in [0.3, 0.4) is 0 Å². The lowest BCUT2D eigenvalue weighted by Gasteiger charge is -2.27. The first-order chi connectivity index (χ1) is 7.84. The highest BCUT2D eigenvalue weighted by Gasteiger charge is 2.69. The Morgan fingerprint density at radius 1 is 1.35 bits per heavy atom. The average Bonchev–Trinajstić information content (AvgIpc) is 2.79. The molecule has 1 rings (SSSR count). The number of hydrogen-bond donors (Lipinski definition) is 0. The van der Waals surface area contributed by atoms with Gasteiger partial charge in [0, 0.05) is 0 Å². The molecule has 0 bridgehead atoms. The van der Waals surface area contributed by atoms with E-state index in [1.807, 2.05) is 0 Å². The monoisotopic (exact) mass is 258 g/mol.